The number of nitrogens with two attached hydrogens (primary N) is 1. The summed E-state index contributed by atoms with van der Waals surface area (Å²) in [5.74, 6) is -0.167. The molecule has 5 heteroatoms. The lowest BCUT2D eigenvalue weighted by Crippen LogP contribution is -2.31. The molecule has 0 spiro atoms. The van der Waals surface area contributed by atoms with Crippen LogP contribution in [-0.2, 0) is 5.41 Å². The van der Waals surface area contributed by atoms with E-state index in [4.69, 9.17) is 11.0 Å². The number of nitrogen functional groups attached to an aromatic ring is 1. The van der Waals surface area contributed by atoms with Crippen molar-refractivity contribution < 1.29 is 4.79 Å². The van der Waals surface area contributed by atoms with Crippen LogP contribution in [0.4, 0.5) is 5.69 Å². The Morgan fingerprint density at radius 2 is 2.05 bits per heavy atom. The molecule has 0 aromatic carbocycles. The molecule has 2 rings (SSSR count). The number of carbonyl (C=O) groups excluding carboxylic acids is 1. The molecule has 100 valence electrons. The minimum atomic E-state index is -0.865. The maximum Gasteiger partial charge on any atom is 0.192 e. The number of Topliss-reactive ketones (excluding diaryl/α,β-unsaturated/α-hetero) is 1. The zero-order chi connectivity index (χ0) is 14.8. The highest BCUT2D eigenvalue weighted by Gasteiger charge is 2.33. The molecular formula is C15H14N4O. The number of nitrogens with zero attached hydrogens (tertiary/aromatic N) is 3. The van der Waals surface area contributed by atoms with Gasteiger partial charge in [-0.05, 0) is 38.1 Å². The summed E-state index contributed by atoms with van der Waals surface area (Å²) >= 11 is 0. The first-order valence-electron chi connectivity index (χ1n) is 6.08. The molecule has 0 aliphatic heterocycles. The van der Waals surface area contributed by atoms with Crippen molar-refractivity contribution in [2.45, 2.75) is 19.3 Å². The van der Waals surface area contributed by atoms with Crippen molar-refractivity contribution in [3.05, 3.63) is 53.6 Å². The normalized spacial score (nSPS) is 10.8. The summed E-state index contributed by atoms with van der Waals surface area (Å²) in [4.78, 5) is 20.8. The molecule has 5 nitrogen and oxygen atoms in total. The molecule has 0 aliphatic rings. The Labute approximate surface area is 117 Å². The molecule has 0 radical (unpaired) electrons. The fourth-order valence-electron chi connectivity index (χ4n) is 1.82. The molecule has 0 atom stereocenters. The zero-order valence-corrected chi connectivity index (χ0v) is 11.3. The largest absolute Gasteiger partial charge is 0.397 e. The third kappa shape index (κ3) is 2.50. The van der Waals surface area contributed by atoms with Gasteiger partial charge in [0.05, 0.1) is 34.6 Å². The molecule has 0 fully saturated rings. The molecule has 2 N–H and O–H groups in total. The first-order chi connectivity index (χ1) is 9.45. The molecule has 0 saturated carbocycles. The van der Waals surface area contributed by atoms with Crippen molar-refractivity contribution in [1.29, 1.82) is 5.26 Å². The minimum Gasteiger partial charge on any atom is -0.397 e. The molecule has 0 amide bonds. The van der Waals surface area contributed by atoms with Crippen LogP contribution in [0.3, 0.4) is 0 Å². The van der Waals surface area contributed by atoms with E-state index in [1.807, 2.05) is 6.07 Å². The van der Waals surface area contributed by atoms with Crippen molar-refractivity contribution in [2.75, 3.05) is 5.73 Å². The molecular weight excluding hydrogens is 252 g/mol. The summed E-state index contributed by atoms with van der Waals surface area (Å²) in [5, 5.41) is 8.92. The third-order valence-corrected chi connectivity index (χ3v) is 3.12. The lowest BCUT2D eigenvalue weighted by atomic mass is 9.82. The lowest BCUT2D eigenvalue weighted by molar-refractivity contribution is 0.0901. The van der Waals surface area contributed by atoms with Crippen LogP contribution >= 0.6 is 0 Å². The van der Waals surface area contributed by atoms with E-state index in [1.54, 1.807) is 38.1 Å². The van der Waals surface area contributed by atoms with Gasteiger partial charge in [0.25, 0.3) is 0 Å². The number of ketones is 1. The molecule has 0 saturated heterocycles. The molecule has 2 heterocycles. The summed E-state index contributed by atoms with van der Waals surface area (Å²) < 4.78 is 0. The van der Waals surface area contributed by atoms with E-state index in [9.17, 15) is 4.79 Å². The Bertz CT molecular complexity index is 684. The number of pyridine rings is 2. The third-order valence-electron chi connectivity index (χ3n) is 3.12. The van der Waals surface area contributed by atoms with E-state index in [-0.39, 0.29) is 5.78 Å². The number of rotatable bonds is 3. The van der Waals surface area contributed by atoms with E-state index >= 15 is 0 Å². The fourth-order valence-corrected chi connectivity index (χ4v) is 1.82. The molecule has 2 aromatic rings. The van der Waals surface area contributed by atoms with Gasteiger partial charge < -0.3 is 5.73 Å². The molecule has 0 aliphatic carbocycles. The van der Waals surface area contributed by atoms with Crippen LogP contribution in [-0.4, -0.2) is 15.8 Å². The van der Waals surface area contributed by atoms with Gasteiger partial charge in [0, 0.05) is 6.20 Å². The Kier molecular flexibility index (Phi) is 3.49. The van der Waals surface area contributed by atoms with Gasteiger partial charge in [-0.25, -0.2) is 0 Å². The monoisotopic (exact) mass is 266 g/mol. The van der Waals surface area contributed by atoms with Crippen LogP contribution in [0.2, 0.25) is 0 Å². The quantitative estimate of drug-likeness (QED) is 0.858. The van der Waals surface area contributed by atoms with E-state index in [2.05, 4.69) is 9.97 Å². The van der Waals surface area contributed by atoms with Crippen molar-refractivity contribution in [1.82, 2.24) is 9.97 Å². The van der Waals surface area contributed by atoms with E-state index < -0.39 is 5.41 Å². The summed E-state index contributed by atoms with van der Waals surface area (Å²) in [6.07, 6.45) is 2.97. The zero-order valence-electron chi connectivity index (χ0n) is 11.3. The Morgan fingerprint density at radius 3 is 2.65 bits per heavy atom. The van der Waals surface area contributed by atoms with Gasteiger partial charge in [0.1, 0.15) is 5.69 Å². The second-order valence-electron chi connectivity index (χ2n) is 4.97. The van der Waals surface area contributed by atoms with Crippen LogP contribution < -0.4 is 5.73 Å². The molecule has 0 bridgehead atoms. The Balaban J connectivity index is 2.41. The Hall–Kier alpha value is -2.74. The maximum atomic E-state index is 12.6. The molecule has 0 unspecified atom stereocenters. The molecule has 2 aromatic heterocycles. The summed E-state index contributed by atoms with van der Waals surface area (Å²) in [6, 6.07) is 8.49. The lowest BCUT2D eigenvalue weighted by Gasteiger charge is -2.22. The number of hydrogen-bond donors (Lipinski definition) is 1. The van der Waals surface area contributed by atoms with Crippen LogP contribution in [0.1, 0.15) is 35.6 Å². The minimum absolute atomic E-state index is 0.167. The van der Waals surface area contributed by atoms with E-state index in [1.165, 1.54) is 12.4 Å². The second-order valence-corrected chi connectivity index (χ2v) is 4.97. The van der Waals surface area contributed by atoms with Gasteiger partial charge in [-0.1, -0.05) is 0 Å². The smallest absolute Gasteiger partial charge is 0.192 e. The number of anilines is 1. The fraction of sp³-hybridized carbons (Fsp3) is 0.200. The topological polar surface area (TPSA) is 92.7 Å². The maximum absolute atomic E-state index is 12.6. The van der Waals surface area contributed by atoms with Gasteiger partial charge in [-0.15, -0.1) is 0 Å². The van der Waals surface area contributed by atoms with Gasteiger partial charge in [0.15, 0.2) is 5.78 Å². The first-order valence-corrected chi connectivity index (χ1v) is 6.08. The highest BCUT2D eigenvalue weighted by Crippen LogP contribution is 2.26. The average molecular weight is 266 g/mol. The van der Waals surface area contributed by atoms with Crippen LogP contribution in [0.5, 0.6) is 0 Å². The van der Waals surface area contributed by atoms with Crippen molar-refractivity contribution in [3.8, 4) is 6.07 Å². The summed E-state index contributed by atoms with van der Waals surface area (Å²) in [7, 11) is 0. The van der Waals surface area contributed by atoms with Crippen LogP contribution in [0.25, 0.3) is 0 Å². The number of hydrogen-bond acceptors (Lipinski definition) is 5. The average Bonchev–Trinajstić information content (AvgIpc) is 2.47. The van der Waals surface area contributed by atoms with Crippen molar-refractivity contribution >= 4 is 11.5 Å². The predicted molar refractivity (Wildman–Crippen MR) is 75.0 cm³/mol. The highest BCUT2D eigenvalue weighted by molar-refractivity contribution is 6.01. The number of aromatic nitrogens is 2. The Morgan fingerprint density at radius 1 is 1.30 bits per heavy atom. The van der Waals surface area contributed by atoms with Gasteiger partial charge >= 0.3 is 0 Å². The predicted octanol–water partition coefficient (Wildman–Crippen LogP) is 2.09. The summed E-state index contributed by atoms with van der Waals surface area (Å²) in [6.45, 7) is 3.52. The van der Waals surface area contributed by atoms with E-state index in [0.717, 1.165) is 0 Å². The van der Waals surface area contributed by atoms with Crippen molar-refractivity contribution in [2.24, 2.45) is 0 Å². The second kappa shape index (κ2) is 5.10. The van der Waals surface area contributed by atoms with Gasteiger partial charge in [0.2, 0.25) is 0 Å². The van der Waals surface area contributed by atoms with Gasteiger partial charge in [-0.3, -0.25) is 14.8 Å². The highest BCUT2D eigenvalue weighted by atomic mass is 16.1. The van der Waals surface area contributed by atoms with Gasteiger partial charge in [-0.2, -0.15) is 5.26 Å². The molecule has 20 heavy (non-hydrogen) atoms. The SMILES string of the molecule is CC(C)(C(=O)c1ccc(N)cn1)c1cc(C#N)ccn1. The first kappa shape index (κ1) is 13.7. The van der Waals surface area contributed by atoms with Crippen LogP contribution in [0, 0.1) is 11.3 Å². The van der Waals surface area contributed by atoms with E-state index in [0.29, 0.717) is 22.6 Å². The standard InChI is InChI=1S/C15H14N4O/c1-15(2,13-7-10(8-16)5-6-18-13)14(20)12-4-3-11(17)9-19-12/h3-7,9H,17H2,1-2H3. The summed E-state index contributed by atoms with van der Waals surface area (Å²) in [5.41, 5.74) is 6.54. The van der Waals surface area contributed by atoms with Crippen LogP contribution in [0.15, 0.2) is 36.7 Å². The number of nitriles is 1. The van der Waals surface area contributed by atoms with Crippen molar-refractivity contribution in [3.63, 3.8) is 0 Å². The number of carbonyl (C=O) groups is 1.